The highest BCUT2D eigenvalue weighted by Gasteiger charge is 2.74. The van der Waals surface area contributed by atoms with Gasteiger partial charge >= 0.3 is 5.97 Å². The second-order valence-electron chi connectivity index (χ2n) is 4.21. The molecule has 0 radical (unpaired) electrons. The summed E-state index contributed by atoms with van der Waals surface area (Å²) in [6.45, 7) is 2.59. The second-order valence-corrected chi connectivity index (χ2v) is 4.60. The highest BCUT2D eigenvalue weighted by Crippen LogP contribution is 2.63. The van der Waals surface area contributed by atoms with Gasteiger partial charge in [-0.25, -0.2) is 4.98 Å². The van der Waals surface area contributed by atoms with Crippen LogP contribution in [0.5, 0.6) is 0 Å². The van der Waals surface area contributed by atoms with E-state index < -0.39 is 5.41 Å². The zero-order valence-corrected chi connectivity index (χ0v) is 8.99. The number of halogens is 1. The van der Waals surface area contributed by atoms with Crippen molar-refractivity contribution < 1.29 is 9.53 Å². The number of hydrogen-bond acceptors (Lipinski definition) is 3. The van der Waals surface area contributed by atoms with E-state index in [1.165, 1.54) is 0 Å². The van der Waals surface area contributed by atoms with Gasteiger partial charge in [0.25, 0.3) is 0 Å². The van der Waals surface area contributed by atoms with Crippen LogP contribution in [0.15, 0.2) is 18.2 Å². The smallest absolute Gasteiger partial charge is 0.318 e. The molecule has 1 aliphatic heterocycles. The van der Waals surface area contributed by atoms with Crippen LogP contribution in [0, 0.1) is 11.8 Å². The average Bonchev–Trinajstić information content (AvgIpc) is 2.63. The maximum Gasteiger partial charge on any atom is 0.318 e. The van der Waals surface area contributed by atoms with Crippen LogP contribution in [0.4, 0.5) is 0 Å². The predicted octanol–water partition coefficient (Wildman–Crippen LogP) is 1.80. The molecule has 15 heavy (non-hydrogen) atoms. The van der Waals surface area contributed by atoms with Gasteiger partial charge in [-0.3, -0.25) is 4.79 Å². The maximum atomic E-state index is 11.8. The monoisotopic (exact) mass is 223 g/mol. The van der Waals surface area contributed by atoms with Crippen molar-refractivity contribution in [3.05, 3.63) is 29.0 Å². The minimum absolute atomic E-state index is 0.144. The van der Waals surface area contributed by atoms with E-state index in [4.69, 9.17) is 16.3 Å². The van der Waals surface area contributed by atoms with Gasteiger partial charge in [0.2, 0.25) is 0 Å². The van der Waals surface area contributed by atoms with Crippen molar-refractivity contribution >= 4 is 17.6 Å². The molecular formula is C11H10ClNO2. The molecule has 0 N–H and O–H groups in total. The summed E-state index contributed by atoms with van der Waals surface area (Å²) in [5.74, 6) is 0.468. The van der Waals surface area contributed by atoms with Gasteiger partial charge in [0.1, 0.15) is 10.6 Å². The standard InChI is InChI=1S/C11H10ClNO2/c1-6-7-5-15-10(14)11(6,7)8-3-2-4-9(12)13-8/h2-4,6-7H,5H2,1H3/t6-,7+,11-/m1/s1. The first-order valence-electron chi connectivity index (χ1n) is 4.97. The van der Waals surface area contributed by atoms with E-state index in [0.717, 1.165) is 5.69 Å². The molecule has 2 aliphatic rings. The summed E-state index contributed by atoms with van der Waals surface area (Å²) in [7, 11) is 0. The fourth-order valence-corrected chi connectivity index (χ4v) is 2.88. The van der Waals surface area contributed by atoms with E-state index in [1.54, 1.807) is 6.07 Å². The van der Waals surface area contributed by atoms with Gasteiger partial charge in [-0.1, -0.05) is 24.6 Å². The third kappa shape index (κ3) is 0.965. The second kappa shape index (κ2) is 2.73. The van der Waals surface area contributed by atoms with Crippen molar-refractivity contribution in [3.8, 4) is 0 Å². The highest BCUT2D eigenvalue weighted by molar-refractivity contribution is 6.29. The van der Waals surface area contributed by atoms with Gasteiger partial charge in [-0.05, 0) is 18.1 Å². The van der Waals surface area contributed by atoms with Gasteiger partial charge in [-0.15, -0.1) is 0 Å². The van der Waals surface area contributed by atoms with Crippen LogP contribution in [0.1, 0.15) is 12.6 Å². The first-order chi connectivity index (χ1) is 7.17. The minimum Gasteiger partial charge on any atom is -0.465 e. The van der Waals surface area contributed by atoms with Crippen LogP contribution in [0.2, 0.25) is 5.15 Å². The molecule has 0 unspecified atom stereocenters. The summed E-state index contributed by atoms with van der Waals surface area (Å²) in [6.07, 6.45) is 0. The van der Waals surface area contributed by atoms with Gasteiger partial charge in [-0.2, -0.15) is 0 Å². The molecule has 3 atom stereocenters. The van der Waals surface area contributed by atoms with E-state index in [-0.39, 0.29) is 11.9 Å². The van der Waals surface area contributed by atoms with Gasteiger partial charge in [0.15, 0.2) is 0 Å². The number of nitrogens with zero attached hydrogens (tertiary/aromatic N) is 1. The number of carbonyl (C=O) groups is 1. The van der Waals surface area contributed by atoms with Crippen LogP contribution < -0.4 is 0 Å². The number of esters is 1. The van der Waals surface area contributed by atoms with E-state index in [1.807, 2.05) is 12.1 Å². The molecule has 1 saturated carbocycles. The van der Waals surface area contributed by atoms with Crippen LogP contribution >= 0.6 is 11.6 Å². The quantitative estimate of drug-likeness (QED) is 0.538. The molecule has 3 rings (SSSR count). The Kier molecular flexibility index (Phi) is 1.67. The molecule has 0 spiro atoms. The van der Waals surface area contributed by atoms with Crippen molar-refractivity contribution in [1.82, 2.24) is 4.98 Å². The van der Waals surface area contributed by atoms with Crippen molar-refractivity contribution in [2.24, 2.45) is 11.8 Å². The lowest BCUT2D eigenvalue weighted by Gasteiger charge is -2.10. The Hall–Kier alpha value is -1.09. The molecule has 3 nitrogen and oxygen atoms in total. The van der Waals surface area contributed by atoms with Gasteiger partial charge in [0.05, 0.1) is 12.3 Å². The van der Waals surface area contributed by atoms with Crippen LogP contribution in [0.3, 0.4) is 0 Å². The Bertz CT molecular complexity index is 448. The summed E-state index contributed by atoms with van der Waals surface area (Å²) >= 11 is 5.84. The van der Waals surface area contributed by atoms with E-state index in [2.05, 4.69) is 11.9 Å². The molecule has 2 fully saturated rings. The summed E-state index contributed by atoms with van der Waals surface area (Å²) in [5.41, 5.74) is 0.264. The minimum atomic E-state index is -0.495. The third-order valence-electron chi connectivity index (χ3n) is 3.67. The lowest BCUT2D eigenvalue weighted by atomic mass is 9.98. The average molecular weight is 224 g/mol. The fourth-order valence-electron chi connectivity index (χ4n) is 2.71. The first-order valence-corrected chi connectivity index (χ1v) is 5.35. The Balaban J connectivity index is 2.11. The van der Waals surface area contributed by atoms with Gasteiger partial charge in [0, 0.05) is 5.92 Å². The summed E-state index contributed by atoms with van der Waals surface area (Å²) in [6, 6.07) is 5.39. The number of rotatable bonds is 1. The zero-order valence-electron chi connectivity index (χ0n) is 8.24. The topological polar surface area (TPSA) is 39.2 Å². The van der Waals surface area contributed by atoms with Crippen molar-refractivity contribution in [2.75, 3.05) is 6.61 Å². The number of pyridine rings is 1. The molecule has 0 aromatic carbocycles. The molecule has 0 amide bonds. The number of hydrogen-bond donors (Lipinski definition) is 0. The van der Waals surface area contributed by atoms with Crippen molar-refractivity contribution in [1.29, 1.82) is 0 Å². The molecule has 1 aromatic heterocycles. The Morgan fingerprint density at radius 2 is 2.40 bits per heavy atom. The Morgan fingerprint density at radius 3 is 3.00 bits per heavy atom. The summed E-state index contributed by atoms with van der Waals surface area (Å²) < 4.78 is 5.06. The molecule has 1 aliphatic carbocycles. The molecule has 1 aromatic rings. The number of carbonyl (C=O) groups excluding carboxylic acids is 1. The van der Waals surface area contributed by atoms with Crippen molar-refractivity contribution in [3.63, 3.8) is 0 Å². The van der Waals surface area contributed by atoms with E-state index >= 15 is 0 Å². The lowest BCUT2D eigenvalue weighted by molar-refractivity contribution is -0.143. The number of cyclic esters (lactones) is 1. The molecule has 78 valence electrons. The molecule has 2 heterocycles. The summed E-state index contributed by atoms with van der Waals surface area (Å²) in [5, 5.41) is 0.430. The van der Waals surface area contributed by atoms with E-state index in [0.29, 0.717) is 17.7 Å². The summed E-state index contributed by atoms with van der Waals surface area (Å²) in [4.78, 5) is 16.0. The van der Waals surface area contributed by atoms with Crippen LogP contribution in [-0.2, 0) is 14.9 Å². The fraction of sp³-hybridized carbons (Fsp3) is 0.455. The van der Waals surface area contributed by atoms with Gasteiger partial charge < -0.3 is 4.74 Å². The number of ether oxygens (including phenoxy) is 1. The molecule has 1 saturated heterocycles. The van der Waals surface area contributed by atoms with Crippen LogP contribution in [-0.4, -0.2) is 17.6 Å². The normalized spacial score (nSPS) is 37.3. The van der Waals surface area contributed by atoms with E-state index in [9.17, 15) is 4.79 Å². The first kappa shape index (κ1) is 9.16. The maximum absolute atomic E-state index is 11.8. The number of fused-ring (bicyclic) bond motifs is 1. The zero-order chi connectivity index (χ0) is 10.6. The third-order valence-corrected chi connectivity index (χ3v) is 3.88. The predicted molar refractivity (Wildman–Crippen MR) is 54.5 cm³/mol. The largest absolute Gasteiger partial charge is 0.465 e. The highest BCUT2D eigenvalue weighted by atomic mass is 35.5. The molecule has 0 bridgehead atoms. The SMILES string of the molecule is C[C@@H]1[C@@H]2COC(=O)[C@]12c1cccc(Cl)n1. The Morgan fingerprint density at radius 1 is 1.60 bits per heavy atom. The van der Waals surface area contributed by atoms with Crippen molar-refractivity contribution in [2.45, 2.75) is 12.3 Å². The lowest BCUT2D eigenvalue weighted by Crippen LogP contribution is -2.22. The molecule has 4 heteroatoms. The molecular weight excluding hydrogens is 214 g/mol. The number of aromatic nitrogens is 1. The van der Waals surface area contributed by atoms with Crippen LogP contribution in [0.25, 0.3) is 0 Å². The Labute approximate surface area is 92.4 Å².